The molecule has 6 nitrogen and oxygen atoms in total. The van der Waals surface area contributed by atoms with Crippen molar-refractivity contribution in [1.82, 2.24) is 0 Å². The number of hydrogen-bond acceptors (Lipinski definition) is 7. The summed E-state index contributed by atoms with van der Waals surface area (Å²) in [6.07, 6.45) is 6.69. The summed E-state index contributed by atoms with van der Waals surface area (Å²) in [6, 6.07) is 0. The van der Waals surface area contributed by atoms with E-state index in [0.717, 1.165) is 17.1 Å². The van der Waals surface area contributed by atoms with Crippen LogP contribution in [0.15, 0.2) is 0 Å². The second kappa shape index (κ2) is 11.5. The molecule has 28 heavy (non-hydrogen) atoms. The Bertz CT molecular complexity index is 695. The van der Waals surface area contributed by atoms with Crippen LogP contribution in [-0.4, -0.2) is 42.1 Å². The Kier molecular flexibility index (Phi) is 9.31. The SMILES string of the molecule is CCOC(=O)c1sc(NC(=O)CCSC2CCCCC2)c(C(=O)OCC)c1C. The molecule has 156 valence electrons. The van der Waals surface area contributed by atoms with Gasteiger partial charge in [0.05, 0.1) is 18.8 Å². The van der Waals surface area contributed by atoms with Crippen molar-refractivity contribution in [3.8, 4) is 0 Å². The zero-order chi connectivity index (χ0) is 20.5. The molecule has 1 aliphatic rings. The fraction of sp³-hybridized carbons (Fsp3) is 0.650. The number of thioether (sulfide) groups is 1. The molecule has 1 aromatic heterocycles. The minimum absolute atomic E-state index is 0.162. The van der Waals surface area contributed by atoms with E-state index in [1.54, 1.807) is 20.8 Å². The summed E-state index contributed by atoms with van der Waals surface area (Å²) in [5, 5.41) is 3.81. The Morgan fingerprint density at radius 1 is 1.07 bits per heavy atom. The molecular formula is C20H29NO5S2. The Morgan fingerprint density at radius 3 is 2.36 bits per heavy atom. The summed E-state index contributed by atoms with van der Waals surface area (Å²) in [4.78, 5) is 37.3. The van der Waals surface area contributed by atoms with Crippen molar-refractivity contribution in [1.29, 1.82) is 0 Å². The van der Waals surface area contributed by atoms with Gasteiger partial charge in [0.15, 0.2) is 0 Å². The molecule has 0 saturated heterocycles. The van der Waals surface area contributed by atoms with Crippen molar-refractivity contribution in [3.05, 3.63) is 16.0 Å². The Hall–Kier alpha value is -1.54. The highest BCUT2D eigenvalue weighted by atomic mass is 32.2. The first-order chi connectivity index (χ1) is 13.5. The number of thiophene rings is 1. The number of carbonyl (C=O) groups is 3. The molecule has 1 saturated carbocycles. The van der Waals surface area contributed by atoms with Crippen LogP contribution >= 0.6 is 23.1 Å². The lowest BCUT2D eigenvalue weighted by Gasteiger charge is -2.20. The maximum absolute atomic E-state index is 12.4. The summed E-state index contributed by atoms with van der Waals surface area (Å²) in [6.45, 7) is 5.56. The smallest absolute Gasteiger partial charge is 0.348 e. The molecular weight excluding hydrogens is 398 g/mol. The average Bonchev–Trinajstić information content (AvgIpc) is 2.99. The molecule has 0 unspecified atom stereocenters. The van der Waals surface area contributed by atoms with Gasteiger partial charge in [0.1, 0.15) is 9.88 Å². The van der Waals surface area contributed by atoms with Crippen molar-refractivity contribution in [2.45, 2.75) is 64.5 Å². The van der Waals surface area contributed by atoms with Gasteiger partial charge in [-0.05, 0) is 39.2 Å². The lowest BCUT2D eigenvalue weighted by atomic mass is 10.0. The summed E-state index contributed by atoms with van der Waals surface area (Å²) in [7, 11) is 0. The normalized spacial score (nSPS) is 14.5. The van der Waals surface area contributed by atoms with Crippen molar-refractivity contribution < 1.29 is 23.9 Å². The molecule has 1 heterocycles. The van der Waals surface area contributed by atoms with E-state index < -0.39 is 11.9 Å². The van der Waals surface area contributed by atoms with E-state index in [9.17, 15) is 14.4 Å². The molecule has 1 aliphatic carbocycles. The number of ether oxygens (including phenoxy) is 2. The highest BCUT2D eigenvalue weighted by molar-refractivity contribution is 7.99. The number of rotatable bonds is 9. The van der Waals surface area contributed by atoms with E-state index in [4.69, 9.17) is 9.47 Å². The second-order valence-electron chi connectivity index (χ2n) is 6.63. The maximum Gasteiger partial charge on any atom is 0.348 e. The topological polar surface area (TPSA) is 81.7 Å². The third-order valence-electron chi connectivity index (χ3n) is 4.57. The standard InChI is InChI=1S/C20H29NO5S2/c1-4-25-19(23)16-13(3)17(20(24)26-5-2)28-18(16)21-15(22)11-12-27-14-9-7-6-8-10-14/h14H,4-12H2,1-3H3,(H,21,22). The molecule has 0 bridgehead atoms. The van der Waals surface area contributed by atoms with Crippen molar-refractivity contribution >= 4 is 45.9 Å². The predicted octanol–water partition coefficient (Wildman–Crippen LogP) is 4.80. The van der Waals surface area contributed by atoms with Crippen LogP contribution in [0.3, 0.4) is 0 Å². The van der Waals surface area contributed by atoms with E-state index in [1.807, 2.05) is 11.8 Å². The highest BCUT2D eigenvalue weighted by Crippen LogP contribution is 2.35. The van der Waals surface area contributed by atoms with Crippen LogP contribution < -0.4 is 5.32 Å². The number of amides is 1. The number of nitrogens with one attached hydrogen (secondary N) is 1. The molecule has 2 rings (SSSR count). The molecule has 0 aliphatic heterocycles. The number of hydrogen-bond donors (Lipinski definition) is 1. The second-order valence-corrected chi connectivity index (χ2v) is 9.06. The monoisotopic (exact) mass is 427 g/mol. The number of anilines is 1. The summed E-state index contributed by atoms with van der Waals surface area (Å²) >= 11 is 2.92. The fourth-order valence-electron chi connectivity index (χ4n) is 3.18. The lowest BCUT2D eigenvalue weighted by molar-refractivity contribution is -0.115. The van der Waals surface area contributed by atoms with Gasteiger partial charge >= 0.3 is 11.9 Å². The Labute approximate surface area is 174 Å². The molecule has 0 radical (unpaired) electrons. The number of carbonyl (C=O) groups excluding carboxylic acids is 3. The molecule has 8 heteroatoms. The van der Waals surface area contributed by atoms with Gasteiger partial charge in [0.25, 0.3) is 0 Å². The third-order valence-corrected chi connectivity index (χ3v) is 7.14. The van der Waals surface area contributed by atoms with E-state index in [2.05, 4.69) is 5.32 Å². The van der Waals surface area contributed by atoms with Gasteiger partial charge in [-0.25, -0.2) is 9.59 Å². The summed E-state index contributed by atoms with van der Waals surface area (Å²) in [5.74, 6) is -0.451. The minimum atomic E-state index is -0.543. The molecule has 1 fully saturated rings. The summed E-state index contributed by atoms with van der Waals surface area (Å²) in [5.41, 5.74) is 0.719. The highest BCUT2D eigenvalue weighted by Gasteiger charge is 2.27. The van der Waals surface area contributed by atoms with Crippen LogP contribution in [-0.2, 0) is 14.3 Å². The van der Waals surface area contributed by atoms with Crippen LogP contribution in [0.1, 0.15) is 78.0 Å². The molecule has 1 aromatic rings. The molecule has 0 aromatic carbocycles. The van der Waals surface area contributed by atoms with Gasteiger partial charge in [-0.2, -0.15) is 11.8 Å². The van der Waals surface area contributed by atoms with Gasteiger partial charge in [0.2, 0.25) is 5.91 Å². The maximum atomic E-state index is 12.4. The minimum Gasteiger partial charge on any atom is -0.462 e. The molecule has 1 N–H and O–H groups in total. The van der Waals surface area contributed by atoms with E-state index >= 15 is 0 Å². The number of esters is 2. The predicted molar refractivity (Wildman–Crippen MR) is 114 cm³/mol. The van der Waals surface area contributed by atoms with Gasteiger partial charge in [0, 0.05) is 17.4 Å². The fourth-order valence-corrected chi connectivity index (χ4v) is 5.59. The van der Waals surface area contributed by atoms with Crippen LogP contribution in [0.4, 0.5) is 5.00 Å². The first kappa shape index (κ1) is 22.7. The largest absolute Gasteiger partial charge is 0.462 e. The summed E-state index contributed by atoms with van der Waals surface area (Å²) < 4.78 is 10.2. The molecule has 1 amide bonds. The van der Waals surface area contributed by atoms with Gasteiger partial charge < -0.3 is 14.8 Å². The lowest BCUT2D eigenvalue weighted by Crippen LogP contribution is -2.16. The van der Waals surface area contributed by atoms with E-state index in [0.29, 0.717) is 27.1 Å². The van der Waals surface area contributed by atoms with Gasteiger partial charge in [-0.15, -0.1) is 11.3 Å². The van der Waals surface area contributed by atoms with Crippen molar-refractivity contribution in [2.24, 2.45) is 0 Å². The Balaban J connectivity index is 2.04. The van der Waals surface area contributed by atoms with Gasteiger partial charge in [-0.3, -0.25) is 4.79 Å². The quantitative estimate of drug-likeness (QED) is 0.570. The van der Waals surface area contributed by atoms with Crippen LogP contribution in [0, 0.1) is 6.92 Å². The van der Waals surface area contributed by atoms with Crippen molar-refractivity contribution in [2.75, 3.05) is 24.3 Å². The first-order valence-electron chi connectivity index (χ1n) is 9.86. The van der Waals surface area contributed by atoms with Crippen LogP contribution in [0.25, 0.3) is 0 Å². The van der Waals surface area contributed by atoms with E-state index in [-0.39, 0.29) is 24.7 Å². The zero-order valence-electron chi connectivity index (χ0n) is 16.8. The average molecular weight is 428 g/mol. The van der Waals surface area contributed by atoms with Gasteiger partial charge in [-0.1, -0.05) is 19.3 Å². The molecule has 0 atom stereocenters. The Morgan fingerprint density at radius 2 is 1.71 bits per heavy atom. The van der Waals surface area contributed by atoms with Crippen molar-refractivity contribution in [3.63, 3.8) is 0 Å². The van der Waals surface area contributed by atoms with Crippen LogP contribution in [0.5, 0.6) is 0 Å². The molecule has 0 spiro atoms. The zero-order valence-corrected chi connectivity index (χ0v) is 18.4. The third kappa shape index (κ3) is 6.24. The first-order valence-corrected chi connectivity index (χ1v) is 11.7. The van der Waals surface area contributed by atoms with E-state index in [1.165, 1.54) is 32.1 Å². The van der Waals surface area contributed by atoms with Crippen LogP contribution in [0.2, 0.25) is 0 Å².